The van der Waals surface area contributed by atoms with Gasteiger partial charge in [-0.15, -0.1) is 11.8 Å². The molecule has 1 saturated heterocycles. The maximum Gasteiger partial charge on any atom is 0.255 e. The third-order valence-corrected chi connectivity index (χ3v) is 6.42. The number of thioether (sulfide) groups is 1. The quantitative estimate of drug-likeness (QED) is 0.850. The van der Waals surface area contributed by atoms with Gasteiger partial charge in [0, 0.05) is 29.7 Å². The molecule has 6 heteroatoms. The summed E-state index contributed by atoms with van der Waals surface area (Å²) in [5.41, 5.74) is 3.40. The van der Waals surface area contributed by atoms with E-state index in [9.17, 15) is 9.59 Å². The molecule has 2 aromatic carbocycles. The van der Waals surface area contributed by atoms with Crippen molar-refractivity contribution in [2.75, 3.05) is 36.1 Å². The number of anilines is 2. The first-order chi connectivity index (χ1) is 13.6. The Morgan fingerprint density at radius 1 is 1.07 bits per heavy atom. The normalized spacial score (nSPS) is 17.3. The van der Waals surface area contributed by atoms with Crippen molar-refractivity contribution in [1.29, 1.82) is 0 Å². The Kier molecular flexibility index (Phi) is 5.69. The average molecular weight is 396 g/mol. The summed E-state index contributed by atoms with van der Waals surface area (Å²) in [5, 5.41) is 2.96. The van der Waals surface area contributed by atoms with Gasteiger partial charge in [0.1, 0.15) is 0 Å². The topological polar surface area (TPSA) is 52.7 Å². The zero-order chi connectivity index (χ0) is 19.5. The minimum absolute atomic E-state index is 0.0550. The number of fused-ring (bicyclic) bond motifs is 1. The third kappa shape index (κ3) is 4.23. The van der Waals surface area contributed by atoms with Crippen LogP contribution >= 0.6 is 11.8 Å². The lowest BCUT2D eigenvalue weighted by Crippen LogP contribution is -2.31. The summed E-state index contributed by atoms with van der Waals surface area (Å²) in [6.45, 7) is 3.31. The lowest BCUT2D eigenvalue weighted by Gasteiger charge is -2.26. The molecule has 0 atom stereocenters. The summed E-state index contributed by atoms with van der Waals surface area (Å²) in [7, 11) is 1.75. The van der Waals surface area contributed by atoms with Gasteiger partial charge in [0.2, 0.25) is 5.91 Å². The first-order valence-electron chi connectivity index (χ1n) is 9.76. The number of piperidine rings is 1. The Labute approximate surface area is 170 Å². The zero-order valence-electron chi connectivity index (χ0n) is 16.1. The van der Waals surface area contributed by atoms with Gasteiger partial charge in [0.25, 0.3) is 5.91 Å². The van der Waals surface area contributed by atoms with Crippen molar-refractivity contribution in [3.63, 3.8) is 0 Å². The van der Waals surface area contributed by atoms with Gasteiger partial charge in [-0.25, -0.2) is 0 Å². The van der Waals surface area contributed by atoms with Crippen molar-refractivity contribution >= 4 is 35.0 Å². The van der Waals surface area contributed by atoms with E-state index in [0.717, 1.165) is 22.8 Å². The van der Waals surface area contributed by atoms with Crippen LogP contribution in [0.5, 0.6) is 0 Å². The summed E-state index contributed by atoms with van der Waals surface area (Å²) in [6, 6.07) is 13.6. The fraction of sp³-hybridized carbons (Fsp3) is 0.364. The second-order valence-electron chi connectivity index (χ2n) is 7.41. The fourth-order valence-electron chi connectivity index (χ4n) is 3.69. The van der Waals surface area contributed by atoms with E-state index in [0.29, 0.717) is 11.3 Å². The number of hydrogen-bond donors (Lipinski definition) is 1. The number of likely N-dealkylation sites (tertiary alicyclic amines) is 1. The average Bonchev–Trinajstić information content (AvgIpc) is 2.73. The molecular formula is C22H25N3O2S. The molecule has 0 aliphatic carbocycles. The molecule has 146 valence electrons. The summed E-state index contributed by atoms with van der Waals surface area (Å²) in [6.07, 6.45) is 3.91. The highest BCUT2D eigenvalue weighted by atomic mass is 32.2. The predicted molar refractivity (Wildman–Crippen MR) is 114 cm³/mol. The SMILES string of the molecule is CN1C(=O)CSc2ccc(C(=O)Nc3ccc(CN4CCCCC4)cc3)cc21. The monoisotopic (exact) mass is 395 g/mol. The van der Waals surface area contributed by atoms with Crippen molar-refractivity contribution in [2.24, 2.45) is 0 Å². The molecule has 2 amide bonds. The van der Waals surface area contributed by atoms with Crippen LogP contribution in [0.1, 0.15) is 35.2 Å². The standard InChI is InChI=1S/C22H25N3O2S/c1-24-19-13-17(7-10-20(19)28-15-21(24)26)22(27)23-18-8-5-16(6-9-18)14-25-11-3-2-4-12-25/h5-10,13H,2-4,11-12,14-15H2,1H3,(H,23,27). The molecule has 1 fully saturated rings. The van der Waals surface area contributed by atoms with Crippen LogP contribution in [0.15, 0.2) is 47.4 Å². The Morgan fingerprint density at radius 2 is 1.82 bits per heavy atom. The molecule has 0 unspecified atom stereocenters. The van der Waals surface area contributed by atoms with Crippen LogP contribution in [0.2, 0.25) is 0 Å². The Morgan fingerprint density at radius 3 is 2.57 bits per heavy atom. The zero-order valence-corrected chi connectivity index (χ0v) is 16.9. The number of nitrogens with zero attached hydrogens (tertiary/aromatic N) is 2. The number of carbonyl (C=O) groups excluding carboxylic acids is 2. The van der Waals surface area contributed by atoms with Crippen LogP contribution in [-0.2, 0) is 11.3 Å². The van der Waals surface area contributed by atoms with Gasteiger partial charge < -0.3 is 10.2 Å². The molecule has 2 aromatic rings. The molecule has 5 nitrogen and oxygen atoms in total. The number of rotatable bonds is 4. The van der Waals surface area contributed by atoms with Crippen LogP contribution in [0.25, 0.3) is 0 Å². The highest BCUT2D eigenvalue weighted by Gasteiger charge is 2.22. The first-order valence-corrected chi connectivity index (χ1v) is 10.7. The van der Waals surface area contributed by atoms with E-state index < -0.39 is 0 Å². The first kappa shape index (κ1) is 19.0. The van der Waals surface area contributed by atoms with Gasteiger partial charge in [0.15, 0.2) is 0 Å². The largest absolute Gasteiger partial charge is 0.322 e. The Balaban J connectivity index is 1.41. The van der Waals surface area contributed by atoms with Crippen LogP contribution in [0.4, 0.5) is 11.4 Å². The van der Waals surface area contributed by atoms with Crippen molar-refractivity contribution in [2.45, 2.75) is 30.7 Å². The van der Waals surface area contributed by atoms with Gasteiger partial charge in [-0.05, 0) is 61.8 Å². The smallest absolute Gasteiger partial charge is 0.255 e. The highest BCUT2D eigenvalue weighted by molar-refractivity contribution is 8.00. The minimum Gasteiger partial charge on any atom is -0.322 e. The molecule has 2 aliphatic rings. The molecule has 0 saturated carbocycles. The minimum atomic E-state index is -0.164. The molecule has 0 radical (unpaired) electrons. The molecule has 0 bridgehead atoms. The summed E-state index contributed by atoms with van der Waals surface area (Å²) >= 11 is 1.51. The highest BCUT2D eigenvalue weighted by Crippen LogP contribution is 2.35. The number of carbonyl (C=O) groups is 2. The van der Waals surface area contributed by atoms with Crippen molar-refractivity contribution < 1.29 is 9.59 Å². The molecule has 28 heavy (non-hydrogen) atoms. The van der Waals surface area contributed by atoms with Crippen LogP contribution in [0.3, 0.4) is 0 Å². The van der Waals surface area contributed by atoms with Crippen LogP contribution in [0, 0.1) is 0 Å². The van der Waals surface area contributed by atoms with Crippen molar-refractivity contribution in [1.82, 2.24) is 4.90 Å². The van der Waals surface area contributed by atoms with Crippen molar-refractivity contribution in [3.05, 3.63) is 53.6 Å². The van der Waals surface area contributed by atoms with Gasteiger partial charge in [0.05, 0.1) is 11.4 Å². The van der Waals surface area contributed by atoms with Crippen molar-refractivity contribution in [3.8, 4) is 0 Å². The van der Waals surface area contributed by atoms with Gasteiger partial charge in [-0.2, -0.15) is 0 Å². The van der Waals surface area contributed by atoms with E-state index in [4.69, 9.17) is 0 Å². The van der Waals surface area contributed by atoms with Gasteiger partial charge in [-0.3, -0.25) is 14.5 Å². The number of amides is 2. The maximum atomic E-state index is 12.7. The van der Waals surface area contributed by atoms with E-state index in [1.165, 1.54) is 49.7 Å². The van der Waals surface area contributed by atoms with Gasteiger partial charge in [-0.1, -0.05) is 18.6 Å². The number of benzene rings is 2. The summed E-state index contributed by atoms with van der Waals surface area (Å²) in [5.74, 6) is 0.334. The second kappa shape index (κ2) is 8.37. The Bertz CT molecular complexity index is 876. The lowest BCUT2D eigenvalue weighted by molar-refractivity contribution is -0.116. The maximum absolute atomic E-state index is 12.7. The number of nitrogens with one attached hydrogen (secondary N) is 1. The molecule has 0 aromatic heterocycles. The molecule has 0 spiro atoms. The van der Waals surface area contributed by atoms with E-state index in [1.807, 2.05) is 24.3 Å². The molecule has 1 N–H and O–H groups in total. The van der Waals surface area contributed by atoms with E-state index in [1.54, 1.807) is 18.0 Å². The lowest BCUT2D eigenvalue weighted by atomic mass is 10.1. The number of hydrogen-bond acceptors (Lipinski definition) is 4. The predicted octanol–water partition coefficient (Wildman–Crippen LogP) is 3.99. The molecule has 4 rings (SSSR count). The third-order valence-electron chi connectivity index (χ3n) is 5.37. The van der Waals surface area contributed by atoms with Crippen LogP contribution < -0.4 is 10.2 Å². The molecule has 2 heterocycles. The summed E-state index contributed by atoms with van der Waals surface area (Å²) < 4.78 is 0. The van der Waals surface area contributed by atoms with E-state index >= 15 is 0 Å². The Hall–Kier alpha value is -2.31. The van der Waals surface area contributed by atoms with E-state index in [2.05, 4.69) is 22.3 Å². The molecular weight excluding hydrogens is 370 g/mol. The molecule has 2 aliphatic heterocycles. The summed E-state index contributed by atoms with van der Waals surface area (Å²) in [4.78, 5) is 29.7. The second-order valence-corrected chi connectivity index (χ2v) is 8.43. The van der Waals surface area contributed by atoms with Gasteiger partial charge >= 0.3 is 0 Å². The fourth-order valence-corrected chi connectivity index (χ4v) is 4.67. The van der Waals surface area contributed by atoms with E-state index in [-0.39, 0.29) is 11.8 Å². The van der Waals surface area contributed by atoms with Crippen LogP contribution in [-0.4, -0.2) is 42.6 Å².